The molecule has 3 unspecified atom stereocenters. The molecule has 0 amide bonds. The summed E-state index contributed by atoms with van der Waals surface area (Å²) in [6.07, 6.45) is 7.23. The Hall–Kier alpha value is -0.660. The van der Waals surface area contributed by atoms with Crippen molar-refractivity contribution >= 4 is 6.08 Å². The van der Waals surface area contributed by atoms with E-state index in [2.05, 4.69) is 11.9 Å². The van der Waals surface area contributed by atoms with E-state index in [1.165, 1.54) is 6.42 Å². The van der Waals surface area contributed by atoms with Gasteiger partial charge in [0.1, 0.15) is 0 Å². The highest BCUT2D eigenvalue weighted by atomic mass is 16.5. The van der Waals surface area contributed by atoms with E-state index in [1.807, 2.05) is 0 Å². The molecule has 2 aliphatic rings. The van der Waals surface area contributed by atoms with Gasteiger partial charge in [0.25, 0.3) is 0 Å². The number of ether oxygens (including phenoxy) is 1. The minimum Gasteiger partial charge on any atom is -0.350 e. The summed E-state index contributed by atoms with van der Waals surface area (Å²) in [4.78, 5) is 14.2. The van der Waals surface area contributed by atoms with Crippen LogP contribution in [0.25, 0.3) is 0 Å². The van der Waals surface area contributed by atoms with E-state index in [0.717, 1.165) is 25.7 Å². The molecule has 0 N–H and O–H groups in total. The molecule has 0 radical (unpaired) electrons. The first-order valence-corrected chi connectivity index (χ1v) is 5.01. The Bertz CT molecular complexity index is 243. The third-order valence-corrected chi connectivity index (χ3v) is 3.12. The summed E-state index contributed by atoms with van der Waals surface area (Å²) in [5.41, 5.74) is -0.498. The second kappa shape index (κ2) is 3.24. The van der Waals surface area contributed by atoms with Crippen LogP contribution in [0.2, 0.25) is 0 Å². The minimum absolute atomic E-state index is 0.246. The molecule has 1 aliphatic carbocycles. The molecule has 13 heavy (non-hydrogen) atoms. The molecule has 1 saturated carbocycles. The van der Waals surface area contributed by atoms with Crippen LogP contribution in [0.15, 0.2) is 4.99 Å². The summed E-state index contributed by atoms with van der Waals surface area (Å²) in [6.45, 7) is 2.06. The zero-order valence-electron chi connectivity index (χ0n) is 7.95. The summed E-state index contributed by atoms with van der Waals surface area (Å²) in [7, 11) is 0. The number of carbonyl (C=O) groups excluding carboxylic acids is 1. The molecule has 2 fully saturated rings. The molecule has 0 spiro atoms. The average molecular weight is 181 g/mol. The van der Waals surface area contributed by atoms with Gasteiger partial charge in [0.05, 0.1) is 6.10 Å². The van der Waals surface area contributed by atoms with Gasteiger partial charge < -0.3 is 4.74 Å². The number of hydrogen-bond donors (Lipinski definition) is 0. The SMILES string of the molecule is CC1CC2CCCC(N=C=O)(C2)O1. The first kappa shape index (κ1) is 8.92. The van der Waals surface area contributed by atoms with Crippen molar-refractivity contribution in [3.8, 4) is 0 Å². The fourth-order valence-corrected chi connectivity index (χ4v) is 2.73. The van der Waals surface area contributed by atoms with Gasteiger partial charge in [0.2, 0.25) is 6.08 Å². The van der Waals surface area contributed by atoms with Crippen LogP contribution in [0.4, 0.5) is 0 Å². The number of fused-ring (bicyclic) bond motifs is 2. The highest BCUT2D eigenvalue weighted by Crippen LogP contribution is 2.43. The van der Waals surface area contributed by atoms with Crippen molar-refractivity contribution in [3.05, 3.63) is 0 Å². The molecule has 3 nitrogen and oxygen atoms in total. The van der Waals surface area contributed by atoms with Crippen LogP contribution in [0.3, 0.4) is 0 Å². The fourth-order valence-electron chi connectivity index (χ4n) is 2.73. The second-order valence-electron chi connectivity index (χ2n) is 4.28. The molecular weight excluding hydrogens is 166 g/mol. The molecule has 1 aliphatic heterocycles. The Morgan fingerprint density at radius 3 is 3.23 bits per heavy atom. The third kappa shape index (κ3) is 1.67. The van der Waals surface area contributed by atoms with Crippen LogP contribution in [0.1, 0.15) is 39.0 Å². The van der Waals surface area contributed by atoms with Crippen molar-refractivity contribution in [1.29, 1.82) is 0 Å². The fraction of sp³-hybridized carbons (Fsp3) is 0.900. The highest BCUT2D eigenvalue weighted by Gasteiger charge is 2.43. The second-order valence-corrected chi connectivity index (χ2v) is 4.28. The van der Waals surface area contributed by atoms with Crippen molar-refractivity contribution in [3.63, 3.8) is 0 Å². The van der Waals surface area contributed by atoms with Gasteiger partial charge in [-0.05, 0) is 38.5 Å². The third-order valence-electron chi connectivity index (χ3n) is 3.12. The van der Waals surface area contributed by atoms with Crippen molar-refractivity contribution < 1.29 is 9.53 Å². The highest BCUT2D eigenvalue weighted by molar-refractivity contribution is 5.34. The van der Waals surface area contributed by atoms with Gasteiger partial charge in [-0.15, -0.1) is 0 Å². The number of rotatable bonds is 1. The summed E-state index contributed by atoms with van der Waals surface area (Å²) in [6, 6.07) is 0. The molecule has 0 aromatic rings. The van der Waals surface area contributed by atoms with Crippen LogP contribution >= 0.6 is 0 Å². The van der Waals surface area contributed by atoms with Gasteiger partial charge in [-0.2, -0.15) is 4.99 Å². The minimum atomic E-state index is -0.498. The molecule has 1 saturated heterocycles. The van der Waals surface area contributed by atoms with Crippen molar-refractivity contribution in [1.82, 2.24) is 0 Å². The molecule has 3 heteroatoms. The lowest BCUT2D eigenvalue weighted by Gasteiger charge is -2.44. The smallest absolute Gasteiger partial charge is 0.237 e. The Labute approximate surface area is 78.2 Å². The van der Waals surface area contributed by atoms with Crippen molar-refractivity contribution in [2.75, 3.05) is 0 Å². The van der Waals surface area contributed by atoms with E-state index in [4.69, 9.17) is 4.74 Å². The van der Waals surface area contributed by atoms with E-state index in [1.54, 1.807) is 6.08 Å². The normalized spacial score (nSPS) is 43.8. The van der Waals surface area contributed by atoms with Gasteiger partial charge in [-0.25, -0.2) is 4.79 Å². The molecule has 1 heterocycles. The van der Waals surface area contributed by atoms with Crippen LogP contribution in [-0.2, 0) is 9.53 Å². The molecular formula is C10H15NO2. The molecule has 3 atom stereocenters. The summed E-state index contributed by atoms with van der Waals surface area (Å²) < 4.78 is 5.76. The monoisotopic (exact) mass is 181 g/mol. The lowest BCUT2D eigenvalue weighted by molar-refractivity contribution is -0.154. The number of hydrogen-bond acceptors (Lipinski definition) is 3. The van der Waals surface area contributed by atoms with Crippen molar-refractivity contribution in [2.24, 2.45) is 10.9 Å². The maximum absolute atomic E-state index is 10.3. The van der Waals surface area contributed by atoms with E-state index in [9.17, 15) is 4.79 Å². The Morgan fingerprint density at radius 2 is 2.46 bits per heavy atom. The van der Waals surface area contributed by atoms with Gasteiger partial charge in [0.15, 0.2) is 5.72 Å². The standard InChI is InChI=1S/C10H15NO2/c1-8-5-9-3-2-4-10(6-9,13-8)11-7-12/h8-9H,2-6H2,1H3. The van der Waals surface area contributed by atoms with E-state index in [0.29, 0.717) is 5.92 Å². The van der Waals surface area contributed by atoms with E-state index >= 15 is 0 Å². The van der Waals surface area contributed by atoms with Gasteiger partial charge in [-0.1, -0.05) is 0 Å². The van der Waals surface area contributed by atoms with Crippen LogP contribution < -0.4 is 0 Å². The number of nitrogens with zero attached hydrogens (tertiary/aromatic N) is 1. The van der Waals surface area contributed by atoms with Crippen LogP contribution in [0.5, 0.6) is 0 Å². The first-order chi connectivity index (χ1) is 6.24. The molecule has 72 valence electrons. The molecule has 0 aromatic heterocycles. The van der Waals surface area contributed by atoms with Gasteiger partial charge in [0, 0.05) is 6.42 Å². The summed E-state index contributed by atoms with van der Waals surface area (Å²) >= 11 is 0. The summed E-state index contributed by atoms with van der Waals surface area (Å²) in [5.74, 6) is 0.703. The number of aliphatic imine (C=N–C) groups is 1. The topological polar surface area (TPSA) is 38.7 Å². The lowest BCUT2D eigenvalue weighted by atomic mass is 9.78. The maximum Gasteiger partial charge on any atom is 0.237 e. The molecule has 0 aromatic carbocycles. The zero-order valence-corrected chi connectivity index (χ0v) is 7.95. The van der Waals surface area contributed by atoms with Gasteiger partial charge >= 0.3 is 0 Å². The Balaban J connectivity index is 2.19. The zero-order chi connectivity index (χ0) is 9.31. The summed E-state index contributed by atoms with van der Waals surface area (Å²) in [5, 5.41) is 0. The lowest BCUT2D eigenvalue weighted by Crippen LogP contribution is -2.44. The van der Waals surface area contributed by atoms with E-state index < -0.39 is 5.72 Å². The van der Waals surface area contributed by atoms with Crippen molar-refractivity contribution in [2.45, 2.75) is 50.9 Å². The quantitative estimate of drug-likeness (QED) is 0.458. The Morgan fingerprint density at radius 1 is 1.62 bits per heavy atom. The first-order valence-electron chi connectivity index (χ1n) is 5.01. The van der Waals surface area contributed by atoms with Gasteiger partial charge in [-0.3, -0.25) is 0 Å². The van der Waals surface area contributed by atoms with Crippen LogP contribution in [0, 0.1) is 5.92 Å². The average Bonchev–Trinajstić information content (AvgIpc) is 2.02. The largest absolute Gasteiger partial charge is 0.350 e. The van der Waals surface area contributed by atoms with E-state index in [-0.39, 0.29) is 6.10 Å². The number of isocyanates is 1. The van der Waals surface area contributed by atoms with Crippen LogP contribution in [-0.4, -0.2) is 17.9 Å². The predicted molar refractivity (Wildman–Crippen MR) is 48.0 cm³/mol. The molecule has 2 bridgehead atoms. The maximum atomic E-state index is 10.3. The Kier molecular flexibility index (Phi) is 2.22. The predicted octanol–water partition coefficient (Wildman–Crippen LogP) is 2.02. The molecule has 2 rings (SSSR count).